The van der Waals surface area contributed by atoms with Crippen LogP contribution in [0.2, 0.25) is 13.1 Å². The predicted octanol–water partition coefficient (Wildman–Crippen LogP) is 3.87. The normalized spacial score (nSPS) is 12.3. The third-order valence-corrected chi connectivity index (χ3v) is 3.00. The zero-order valence-electron chi connectivity index (χ0n) is 11.5. The summed E-state index contributed by atoms with van der Waals surface area (Å²) >= 11 is 0. The molecule has 0 aliphatic carbocycles. The molecule has 0 bridgehead atoms. The maximum Gasteiger partial charge on any atom is 0.210 e. The van der Waals surface area contributed by atoms with Crippen molar-refractivity contribution in [2.24, 2.45) is 10.8 Å². The minimum atomic E-state index is -1.65. The molecule has 0 N–H and O–H groups in total. The summed E-state index contributed by atoms with van der Waals surface area (Å²) in [6, 6.07) is 0. The van der Waals surface area contributed by atoms with Gasteiger partial charge in [0, 0.05) is 10.8 Å². The van der Waals surface area contributed by atoms with Gasteiger partial charge >= 0.3 is 0 Å². The first-order valence-corrected chi connectivity index (χ1v) is 8.50. The van der Waals surface area contributed by atoms with Crippen LogP contribution in [0.25, 0.3) is 0 Å². The molecule has 0 aromatic heterocycles. The molecule has 0 atom stereocenters. The molecule has 0 radical (unpaired) electrons. The summed E-state index contributed by atoms with van der Waals surface area (Å²) in [5.74, 6) is 6.62. The van der Waals surface area contributed by atoms with Gasteiger partial charge in [0.15, 0.2) is 0 Å². The highest BCUT2D eigenvalue weighted by molar-refractivity contribution is 6.92. The molecule has 0 fully saturated rings. The van der Waals surface area contributed by atoms with E-state index in [1.165, 1.54) is 0 Å². The lowest BCUT2D eigenvalue weighted by Gasteiger charge is -2.12. The van der Waals surface area contributed by atoms with E-state index >= 15 is 0 Å². The molecule has 0 aromatic carbocycles. The van der Waals surface area contributed by atoms with Crippen LogP contribution >= 0.6 is 0 Å². The van der Waals surface area contributed by atoms with Gasteiger partial charge in [0.1, 0.15) is 0 Å². The fourth-order valence-electron chi connectivity index (χ4n) is 0.719. The monoisotopic (exact) mass is 220 g/mol. The molecule has 0 aromatic rings. The predicted molar refractivity (Wildman–Crippen MR) is 71.9 cm³/mol. The smallest absolute Gasteiger partial charge is 0.115 e. The van der Waals surface area contributed by atoms with Crippen molar-refractivity contribution in [1.29, 1.82) is 0 Å². The first-order valence-electron chi connectivity index (χ1n) is 5.50. The van der Waals surface area contributed by atoms with Gasteiger partial charge in [-0.2, -0.15) is 0 Å². The minimum Gasteiger partial charge on any atom is -0.115 e. The molecule has 0 nitrogen and oxygen atoms in total. The second-order valence-corrected chi connectivity index (χ2v) is 10.4. The summed E-state index contributed by atoms with van der Waals surface area (Å²) in [6.07, 6.45) is 0. The molecule has 0 unspecified atom stereocenters. The molecule has 0 rings (SSSR count). The van der Waals surface area contributed by atoms with E-state index in [0.29, 0.717) is 0 Å². The van der Waals surface area contributed by atoms with Crippen LogP contribution in [0, 0.1) is 33.8 Å². The highest BCUT2D eigenvalue weighted by atomic mass is 28.3. The second-order valence-electron chi connectivity index (χ2n) is 6.62. The van der Waals surface area contributed by atoms with Crippen molar-refractivity contribution in [2.45, 2.75) is 54.6 Å². The Morgan fingerprint density at radius 2 is 0.933 bits per heavy atom. The summed E-state index contributed by atoms with van der Waals surface area (Å²) in [7, 11) is -1.65. The standard InChI is InChI=1S/C14H24Si/c1-13(2,3)9-11-15(7,8)12-10-14(4,5)6/h1-8H3. The Bertz CT molecular complexity index is 292. The van der Waals surface area contributed by atoms with Crippen molar-refractivity contribution in [3.63, 3.8) is 0 Å². The third-order valence-electron chi connectivity index (χ3n) is 1.50. The van der Waals surface area contributed by atoms with E-state index < -0.39 is 8.07 Å². The molecule has 84 valence electrons. The van der Waals surface area contributed by atoms with Gasteiger partial charge in [0.25, 0.3) is 0 Å². The topological polar surface area (TPSA) is 0 Å². The Balaban J connectivity index is 4.82. The van der Waals surface area contributed by atoms with E-state index in [1.54, 1.807) is 0 Å². The van der Waals surface area contributed by atoms with Crippen LogP contribution < -0.4 is 0 Å². The van der Waals surface area contributed by atoms with E-state index in [-0.39, 0.29) is 10.8 Å². The first-order chi connectivity index (χ1) is 6.41. The Kier molecular flexibility index (Phi) is 4.26. The van der Waals surface area contributed by atoms with Crippen molar-refractivity contribution in [2.75, 3.05) is 0 Å². The average molecular weight is 220 g/mol. The van der Waals surface area contributed by atoms with Gasteiger partial charge in [-0.15, -0.1) is 22.9 Å². The van der Waals surface area contributed by atoms with Crippen LogP contribution in [0.3, 0.4) is 0 Å². The molecular formula is C14H24Si. The van der Waals surface area contributed by atoms with Crippen molar-refractivity contribution >= 4 is 8.07 Å². The number of hydrogen-bond acceptors (Lipinski definition) is 0. The lowest BCUT2D eigenvalue weighted by atomic mass is 9.99. The Morgan fingerprint density at radius 3 is 1.13 bits per heavy atom. The van der Waals surface area contributed by atoms with Crippen molar-refractivity contribution in [1.82, 2.24) is 0 Å². The maximum atomic E-state index is 3.39. The molecule has 0 saturated heterocycles. The number of rotatable bonds is 0. The number of hydrogen-bond donors (Lipinski definition) is 0. The molecular weight excluding hydrogens is 196 g/mol. The molecule has 0 aliphatic rings. The maximum absolute atomic E-state index is 3.39. The van der Waals surface area contributed by atoms with E-state index in [1.807, 2.05) is 0 Å². The van der Waals surface area contributed by atoms with Crippen LogP contribution in [-0.4, -0.2) is 8.07 Å². The molecule has 0 saturated carbocycles. The summed E-state index contributed by atoms with van der Waals surface area (Å²) in [5.41, 5.74) is 6.96. The Morgan fingerprint density at radius 1 is 0.667 bits per heavy atom. The third kappa shape index (κ3) is 9.64. The van der Waals surface area contributed by atoms with E-state index in [9.17, 15) is 0 Å². The van der Waals surface area contributed by atoms with Crippen LogP contribution in [0.1, 0.15) is 41.5 Å². The fraction of sp³-hybridized carbons (Fsp3) is 0.714. The van der Waals surface area contributed by atoms with E-state index in [0.717, 1.165) is 0 Å². The Labute approximate surface area is 96.9 Å². The lowest BCUT2D eigenvalue weighted by Crippen LogP contribution is -2.23. The Hall–Kier alpha value is -0.663. The molecule has 0 aliphatic heterocycles. The van der Waals surface area contributed by atoms with Crippen molar-refractivity contribution < 1.29 is 0 Å². The van der Waals surface area contributed by atoms with Gasteiger partial charge in [-0.05, 0) is 54.6 Å². The van der Waals surface area contributed by atoms with Crippen LogP contribution in [0.5, 0.6) is 0 Å². The summed E-state index contributed by atoms with van der Waals surface area (Å²) < 4.78 is 0. The van der Waals surface area contributed by atoms with Gasteiger partial charge in [0.2, 0.25) is 8.07 Å². The zero-order valence-corrected chi connectivity index (χ0v) is 12.5. The average Bonchev–Trinajstić information content (AvgIpc) is 1.96. The first kappa shape index (κ1) is 14.3. The van der Waals surface area contributed by atoms with Gasteiger partial charge in [-0.1, -0.05) is 0 Å². The summed E-state index contributed by atoms with van der Waals surface area (Å²) in [5, 5.41) is 0. The summed E-state index contributed by atoms with van der Waals surface area (Å²) in [4.78, 5) is 0. The van der Waals surface area contributed by atoms with Crippen LogP contribution in [0.4, 0.5) is 0 Å². The van der Waals surface area contributed by atoms with Crippen molar-refractivity contribution in [3.05, 3.63) is 0 Å². The van der Waals surface area contributed by atoms with Gasteiger partial charge in [-0.25, -0.2) is 0 Å². The molecule has 0 spiro atoms. The van der Waals surface area contributed by atoms with E-state index in [4.69, 9.17) is 0 Å². The second kappa shape index (κ2) is 4.46. The largest absolute Gasteiger partial charge is 0.210 e. The van der Waals surface area contributed by atoms with Crippen LogP contribution in [-0.2, 0) is 0 Å². The van der Waals surface area contributed by atoms with E-state index in [2.05, 4.69) is 77.6 Å². The molecule has 0 amide bonds. The molecule has 0 heterocycles. The fourth-order valence-corrected chi connectivity index (χ4v) is 2.16. The zero-order chi connectivity index (χ0) is 12.3. The van der Waals surface area contributed by atoms with Gasteiger partial charge < -0.3 is 0 Å². The quantitative estimate of drug-likeness (QED) is 0.429. The van der Waals surface area contributed by atoms with Gasteiger partial charge in [0.05, 0.1) is 0 Å². The highest BCUT2D eigenvalue weighted by Gasteiger charge is 2.16. The van der Waals surface area contributed by atoms with Crippen LogP contribution in [0.15, 0.2) is 0 Å². The van der Waals surface area contributed by atoms with Gasteiger partial charge in [-0.3, -0.25) is 0 Å². The minimum absolute atomic E-state index is 0.0910. The lowest BCUT2D eigenvalue weighted by molar-refractivity contribution is 0.571. The highest BCUT2D eigenvalue weighted by Crippen LogP contribution is 2.13. The molecule has 15 heavy (non-hydrogen) atoms. The SMILES string of the molecule is CC(C)(C)C#C[Si](C)(C)C#CC(C)(C)C. The molecule has 1 heteroatoms. The summed E-state index contributed by atoms with van der Waals surface area (Å²) in [6.45, 7) is 17.3. The van der Waals surface area contributed by atoms with Crippen molar-refractivity contribution in [3.8, 4) is 22.9 Å².